The van der Waals surface area contributed by atoms with E-state index in [-0.39, 0.29) is 39.4 Å². The summed E-state index contributed by atoms with van der Waals surface area (Å²) >= 11 is 3.35. The SMILES string of the molecule is Nc1ccnc(SCC2=C(C(=O)O)N3C(=O)C(NC(=O)C(=NO[C@H](C(=O)O)c4ccc(O)c(O)c4)c4csc(N)n4)[C@@H]3SC2)n1. The van der Waals surface area contributed by atoms with Crippen LogP contribution in [0.2, 0.25) is 0 Å². The molecule has 2 aliphatic heterocycles. The number of phenolic OH excluding ortho intramolecular Hbond substituents is 2. The van der Waals surface area contributed by atoms with Crippen molar-refractivity contribution in [3.63, 3.8) is 0 Å². The van der Waals surface area contributed by atoms with Crippen LogP contribution in [-0.2, 0) is 24.0 Å². The van der Waals surface area contributed by atoms with Crippen LogP contribution in [0, 0.1) is 0 Å². The summed E-state index contributed by atoms with van der Waals surface area (Å²) in [4.78, 5) is 69.2. The van der Waals surface area contributed by atoms with E-state index in [4.69, 9.17) is 16.3 Å². The van der Waals surface area contributed by atoms with Crippen LogP contribution in [0.3, 0.4) is 0 Å². The number of carbonyl (C=O) groups excluding carboxylic acids is 2. The maximum Gasteiger partial charge on any atom is 0.352 e. The number of nitrogens with two attached hydrogens (primary N) is 2. The number of aliphatic carboxylic acids is 2. The Labute approximate surface area is 265 Å². The minimum atomic E-state index is -1.82. The van der Waals surface area contributed by atoms with Crippen LogP contribution >= 0.6 is 34.9 Å². The van der Waals surface area contributed by atoms with Gasteiger partial charge in [0.1, 0.15) is 28.6 Å². The number of rotatable bonds is 11. The summed E-state index contributed by atoms with van der Waals surface area (Å²) in [7, 11) is 0. The van der Waals surface area contributed by atoms with Crippen LogP contribution in [0.5, 0.6) is 11.5 Å². The number of thiazole rings is 1. The van der Waals surface area contributed by atoms with Gasteiger partial charge in [0.05, 0.1) is 0 Å². The fourth-order valence-electron chi connectivity index (χ4n) is 4.24. The number of amides is 2. The number of oxime groups is 1. The molecule has 0 bridgehead atoms. The highest BCUT2D eigenvalue weighted by Gasteiger charge is 2.54. The number of nitrogen functional groups attached to an aromatic ring is 2. The Bertz CT molecular complexity index is 1760. The quantitative estimate of drug-likeness (QED) is 0.0366. The highest BCUT2D eigenvalue weighted by molar-refractivity contribution is 8.01. The Kier molecular flexibility index (Phi) is 8.97. The Hall–Kier alpha value is -5.08. The van der Waals surface area contributed by atoms with Crippen LogP contribution in [0.15, 0.2) is 57.4 Å². The minimum Gasteiger partial charge on any atom is -0.504 e. The predicted octanol–water partition coefficient (Wildman–Crippen LogP) is 0.586. The molecular formula is C25H22N8O9S3. The molecule has 1 fully saturated rings. The van der Waals surface area contributed by atoms with E-state index in [2.05, 4.69) is 25.4 Å². The monoisotopic (exact) mass is 674 g/mol. The third-order valence-electron chi connectivity index (χ3n) is 6.32. The molecule has 4 heterocycles. The van der Waals surface area contributed by atoms with Gasteiger partial charge in [0, 0.05) is 28.6 Å². The summed E-state index contributed by atoms with van der Waals surface area (Å²) in [6.07, 6.45) is -0.347. The molecule has 20 heteroatoms. The average molecular weight is 675 g/mol. The normalized spacial score (nSPS) is 18.5. The number of nitrogens with one attached hydrogen (secondary N) is 1. The largest absolute Gasteiger partial charge is 0.504 e. The van der Waals surface area contributed by atoms with Crippen molar-refractivity contribution in [3.8, 4) is 11.5 Å². The molecule has 45 heavy (non-hydrogen) atoms. The van der Waals surface area contributed by atoms with Gasteiger partial charge in [0.15, 0.2) is 27.5 Å². The number of fused-ring (bicyclic) bond motifs is 1. The molecule has 1 unspecified atom stereocenters. The molecule has 5 rings (SSSR count). The maximum absolute atomic E-state index is 13.4. The van der Waals surface area contributed by atoms with Crippen molar-refractivity contribution in [2.45, 2.75) is 22.7 Å². The number of phenols is 2. The topological polar surface area (TPSA) is 277 Å². The van der Waals surface area contributed by atoms with Gasteiger partial charge in [-0.25, -0.2) is 24.5 Å². The lowest BCUT2D eigenvalue weighted by molar-refractivity contribution is -0.151. The molecule has 2 aromatic heterocycles. The summed E-state index contributed by atoms with van der Waals surface area (Å²) in [6, 6.07) is 3.53. The molecule has 3 atom stereocenters. The van der Waals surface area contributed by atoms with E-state index in [0.29, 0.717) is 10.7 Å². The molecule has 0 spiro atoms. The van der Waals surface area contributed by atoms with Crippen molar-refractivity contribution in [1.82, 2.24) is 25.2 Å². The summed E-state index contributed by atoms with van der Waals surface area (Å²) in [5.41, 5.74) is 10.9. The van der Waals surface area contributed by atoms with Crippen molar-refractivity contribution in [2.75, 3.05) is 23.0 Å². The number of carbonyl (C=O) groups is 4. The number of carboxylic acid groups (broad SMARTS) is 2. The minimum absolute atomic E-state index is 0.0581. The van der Waals surface area contributed by atoms with Crippen LogP contribution in [0.4, 0.5) is 10.9 Å². The highest BCUT2D eigenvalue weighted by atomic mass is 32.2. The second-order valence-electron chi connectivity index (χ2n) is 9.25. The standard InChI is InChI=1S/C25H22N8O9S3/c26-14-3-4-28-25(30-14)45-7-10-6-43-21-16(20(37)33(21)17(10)22(38)39)31-19(36)15(11-8-44-24(27)29-11)32-42-18(23(40)41)9-1-2-12(34)13(35)5-9/h1-5,8,16,18,21,34-35H,6-7H2,(H2,27,29)(H,31,36)(H,38,39)(H,40,41)(H2,26,28,30)/t16?,18-,21-/m0/s1. The molecule has 17 nitrogen and oxygen atoms in total. The average Bonchev–Trinajstić information content (AvgIpc) is 3.43. The molecule has 1 aromatic carbocycles. The second kappa shape index (κ2) is 12.9. The van der Waals surface area contributed by atoms with Gasteiger partial charge in [0.25, 0.3) is 11.8 Å². The Morgan fingerprint density at radius 2 is 1.96 bits per heavy atom. The molecule has 234 valence electrons. The number of β-lactam (4-membered cyclic amide) rings is 1. The molecular weight excluding hydrogens is 653 g/mol. The van der Waals surface area contributed by atoms with Crippen molar-refractivity contribution in [2.24, 2.45) is 5.16 Å². The zero-order chi connectivity index (χ0) is 32.4. The molecule has 1 saturated heterocycles. The van der Waals surface area contributed by atoms with Crippen LogP contribution < -0.4 is 16.8 Å². The number of aromatic nitrogens is 3. The lowest BCUT2D eigenvalue weighted by Crippen LogP contribution is -2.71. The Balaban J connectivity index is 1.35. The molecule has 3 aromatic rings. The van der Waals surface area contributed by atoms with E-state index < -0.39 is 58.5 Å². The van der Waals surface area contributed by atoms with E-state index in [1.807, 2.05) is 0 Å². The maximum atomic E-state index is 13.4. The van der Waals surface area contributed by atoms with Gasteiger partial charge in [-0.3, -0.25) is 14.5 Å². The van der Waals surface area contributed by atoms with Gasteiger partial charge in [-0.05, 0) is 23.8 Å². The zero-order valence-electron chi connectivity index (χ0n) is 22.6. The summed E-state index contributed by atoms with van der Waals surface area (Å²) in [5.74, 6) is -4.97. The van der Waals surface area contributed by atoms with E-state index in [9.17, 15) is 39.6 Å². The lowest BCUT2D eigenvalue weighted by Gasteiger charge is -2.49. The fraction of sp³-hybridized carbons (Fsp3) is 0.200. The first kappa shape index (κ1) is 31.3. The zero-order valence-corrected chi connectivity index (χ0v) is 25.0. The van der Waals surface area contributed by atoms with E-state index in [1.165, 1.54) is 35.5 Å². The number of carboxylic acids is 2. The number of hydrogen-bond donors (Lipinski definition) is 7. The first-order valence-electron chi connectivity index (χ1n) is 12.6. The van der Waals surface area contributed by atoms with E-state index in [1.54, 1.807) is 0 Å². The fourth-order valence-corrected chi connectivity index (χ4v) is 7.11. The van der Waals surface area contributed by atoms with Crippen LogP contribution in [-0.4, -0.2) is 92.7 Å². The van der Waals surface area contributed by atoms with Crippen molar-refractivity contribution in [3.05, 3.63) is 58.4 Å². The third kappa shape index (κ3) is 6.56. The van der Waals surface area contributed by atoms with Crippen molar-refractivity contribution < 1.29 is 44.4 Å². The van der Waals surface area contributed by atoms with Gasteiger partial charge < -0.3 is 42.0 Å². The van der Waals surface area contributed by atoms with Gasteiger partial charge in [-0.1, -0.05) is 23.0 Å². The number of anilines is 2. The van der Waals surface area contributed by atoms with Crippen molar-refractivity contribution in [1.29, 1.82) is 0 Å². The van der Waals surface area contributed by atoms with E-state index in [0.717, 1.165) is 40.1 Å². The van der Waals surface area contributed by atoms with Gasteiger partial charge in [-0.2, -0.15) is 0 Å². The molecule has 9 N–H and O–H groups in total. The van der Waals surface area contributed by atoms with Gasteiger partial charge >= 0.3 is 11.9 Å². The van der Waals surface area contributed by atoms with Crippen LogP contribution in [0.25, 0.3) is 0 Å². The first-order chi connectivity index (χ1) is 21.4. The number of thioether (sulfide) groups is 2. The van der Waals surface area contributed by atoms with Gasteiger partial charge in [0.2, 0.25) is 6.10 Å². The number of benzene rings is 1. The summed E-state index contributed by atoms with van der Waals surface area (Å²) in [5, 5.41) is 46.2. The van der Waals surface area contributed by atoms with Crippen molar-refractivity contribution >= 4 is 75.3 Å². The predicted molar refractivity (Wildman–Crippen MR) is 161 cm³/mol. The molecule has 0 aliphatic carbocycles. The molecule has 0 radical (unpaired) electrons. The number of hydrogen-bond acceptors (Lipinski definition) is 16. The molecule has 2 amide bonds. The third-order valence-corrected chi connectivity index (χ3v) is 9.28. The van der Waals surface area contributed by atoms with Gasteiger partial charge in [-0.15, -0.1) is 23.1 Å². The van der Waals surface area contributed by atoms with Crippen LogP contribution in [0.1, 0.15) is 17.4 Å². The summed E-state index contributed by atoms with van der Waals surface area (Å²) in [6.45, 7) is 0. The van der Waals surface area contributed by atoms with E-state index >= 15 is 0 Å². The number of nitrogens with zero attached hydrogens (tertiary/aromatic N) is 5. The lowest BCUT2D eigenvalue weighted by atomic mass is 10.0. The smallest absolute Gasteiger partial charge is 0.352 e. The molecule has 2 aliphatic rings. The molecule has 0 saturated carbocycles. The summed E-state index contributed by atoms with van der Waals surface area (Å²) < 4.78 is 0. The first-order valence-corrected chi connectivity index (χ1v) is 15.5. The second-order valence-corrected chi connectivity index (χ2v) is 12.2. The highest BCUT2D eigenvalue weighted by Crippen LogP contribution is 2.41. The number of aromatic hydroxyl groups is 2. The Morgan fingerprint density at radius 3 is 2.60 bits per heavy atom. The Morgan fingerprint density at radius 1 is 1.18 bits per heavy atom.